The van der Waals surface area contributed by atoms with Crippen LogP contribution in [0.3, 0.4) is 0 Å². The average Bonchev–Trinajstić information content (AvgIpc) is 2.36. The normalized spacial score (nSPS) is 26.9. The molecule has 1 fully saturated rings. The van der Waals surface area contributed by atoms with E-state index < -0.39 is 10.2 Å². The van der Waals surface area contributed by atoms with E-state index in [1.807, 2.05) is 13.8 Å². The van der Waals surface area contributed by atoms with Crippen LogP contribution in [0.1, 0.15) is 34.6 Å². The maximum atomic E-state index is 12.1. The minimum Gasteiger partial charge on any atom is -0.373 e. The molecule has 6 nitrogen and oxygen atoms in total. The number of rotatable bonds is 7. The van der Waals surface area contributed by atoms with Gasteiger partial charge in [0.1, 0.15) is 0 Å². The maximum absolute atomic E-state index is 12.1. The summed E-state index contributed by atoms with van der Waals surface area (Å²) < 4.78 is 34.0. The highest BCUT2D eigenvalue weighted by Gasteiger charge is 2.27. The molecule has 0 radical (unpaired) electrons. The van der Waals surface area contributed by atoms with Crippen molar-refractivity contribution in [3.8, 4) is 0 Å². The molecule has 120 valence electrons. The molecule has 1 saturated heterocycles. The SMILES string of the molecule is CCN(CC)S(=O)(=O)NC[C@@H](C)N1C[C@@H](C)O[C@@H](C)C1. The van der Waals surface area contributed by atoms with Gasteiger partial charge in [-0.1, -0.05) is 13.8 Å². The van der Waals surface area contributed by atoms with Gasteiger partial charge in [-0.15, -0.1) is 0 Å². The summed E-state index contributed by atoms with van der Waals surface area (Å²) in [5.41, 5.74) is 0. The van der Waals surface area contributed by atoms with Crippen molar-refractivity contribution >= 4 is 10.2 Å². The first-order valence-corrected chi connectivity index (χ1v) is 8.88. The highest BCUT2D eigenvalue weighted by atomic mass is 32.2. The van der Waals surface area contributed by atoms with E-state index in [0.717, 1.165) is 13.1 Å². The molecular weight excluding hydrogens is 278 g/mol. The maximum Gasteiger partial charge on any atom is 0.279 e. The van der Waals surface area contributed by atoms with Crippen molar-refractivity contribution in [3.63, 3.8) is 0 Å². The van der Waals surface area contributed by atoms with Crippen LogP contribution in [0.25, 0.3) is 0 Å². The van der Waals surface area contributed by atoms with Crippen LogP contribution in [-0.2, 0) is 14.9 Å². The van der Waals surface area contributed by atoms with Gasteiger partial charge in [-0.3, -0.25) is 4.90 Å². The van der Waals surface area contributed by atoms with Crippen molar-refractivity contribution in [1.29, 1.82) is 0 Å². The second-order valence-electron chi connectivity index (χ2n) is 5.50. The van der Waals surface area contributed by atoms with Crippen LogP contribution in [0.4, 0.5) is 0 Å². The van der Waals surface area contributed by atoms with Crippen molar-refractivity contribution in [2.45, 2.75) is 52.9 Å². The standard InChI is InChI=1S/C13H29N3O3S/c1-6-16(7-2)20(17,18)14-8-11(3)15-9-12(4)19-13(5)10-15/h11-14H,6-10H2,1-5H3/t11-,12-,13+/m1/s1. The lowest BCUT2D eigenvalue weighted by Crippen LogP contribution is -2.53. The largest absolute Gasteiger partial charge is 0.373 e. The second kappa shape index (κ2) is 7.70. The van der Waals surface area contributed by atoms with Gasteiger partial charge in [-0.05, 0) is 20.8 Å². The third-order valence-electron chi connectivity index (χ3n) is 3.68. The zero-order chi connectivity index (χ0) is 15.3. The molecule has 0 saturated carbocycles. The van der Waals surface area contributed by atoms with Crippen LogP contribution in [0.2, 0.25) is 0 Å². The lowest BCUT2D eigenvalue weighted by molar-refractivity contribution is -0.0776. The van der Waals surface area contributed by atoms with E-state index in [4.69, 9.17) is 4.74 Å². The van der Waals surface area contributed by atoms with E-state index in [-0.39, 0.29) is 18.2 Å². The van der Waals surface area contributed by atoms with Gasteiger partial charge in [-0.25, -0.2) is 4.72 Å². The molecule has 7 heteroatoms. The van der Waals surface area contributed by atoms with E-state index in [1.165, 1.54) is 4.31 Å². The monoisotopic (exact) mass is 307 g/mol. The molecule has 0 aromatic heterocycles. The molecule has 0 spiro atoms. The van der Waals surface area contributed by atoms with Gasteiger partial charge in [0, 0.05) is 38.8 Å². The molecule has 1 aliphatic heterocycles. The fraction of sp³-hybridized carbons (Fsp3) is 1.00. The molecular formula is C13H29N3O3S. The highest BCUT2D eigenvalue weighted by Crippen LogP contribution is 2.13. The fourth-order valence-electron chi connectivity index (χ4n) is 2.59. The Kier molecular flexibility index (Phi) is 6.87. The van der Waals surface area contributed by atoms with Gasteiger partial charge < -0.3 is 4.74 Å². The first-order chi connectivity index (χ1) is 9.30. The van der Waals surface area contributed by atoms with Crippen molar-refractivity contribution in [3.05, 3.63) is 0 Å². The van der Waals surface area contributed by atoms with E-state index in [0.29, 0.717) is 19.6 Å². The van der Waals surface area contributed by atoms with E-state index in [2.05, 4.69) is 30.4 Å². The van der Waals surface area contributed by atoms with E-state index in [1.54, 1.807) is 0 Å². The van der Waals surface area contributed by atoms with Crippen molar-refractivity contribution < 1.29 is 13.2 Å². The van der Waals surface area contributed by atoms with Crippen LogP contribution < -0.4 is 4.72 Å². The summed E-state index contributed by atoms with van der Waals surface area (Å²) >= 11 is 0. The minimum atomic E-state index is -3.36. The lowest BCUT2D eigenvalue weighted by atomic mass is 10.2. The second-order valence-corrected chi connectivity index (χ2v) is 7.25. The molecule has 0 aromatic carbocycles. The topological polar surface area (TPSA) is 61.9 Å². The molecule has 1 rings (SSSR count). The van der Waals surface area contributed by atoms with Crippen LogP contribution in [-0.4, -0.2) is 68.6 Å². The first-order valence-electron chi connectivity index (χ1n) is 7.44. The van der Waals surface area contributed by atoms with E-state index >= 15 is 0 Å². The Morgan fingerprint density at radius 2 is 1.75 bits per heavy atom. The predicted octanol–water partition coefficient (Wildman–Crippen LogP) is 0.660. The van der Waals surface area contributed by atoms with Crippen molar-refractivity contribution in [2.75, 3.05) is 32.7 Å². The van der Waals surface area contributed by atoms with Gasteiger partial charge in [-0.2, -0.15) is 12.7 Å². The Balaban J connectivity index is 2.52. The lowest BCUT2D eigenvalue weighted by Gasteiger charge is -2.39. The number of nitrogens with one attached hydrogen (secondary N) is 1. The third-order valence-corrected chi connectivity index (χ3v) is 5.41. The van der Waals surface area contributed by atoms with Crippen molar-refractivity contribution in [1.82, 2.24) is 13.9 Å². The van der Waals surface area contributed by atoms with Crippen LogP contribution in [0.15, 0.2) is 0 Å². The summed E-state index contributed by atoms with van der Waals surface area (Å²) in [4.78, 5) is 2.28. The number of hydrogen-bond donors (Lipinski definition) is 1. The third kappa shape index (κ3) is 4.96. The summed E-state index contributed by atoms with van der Waals surface area (Å²) in [5.74, 6) is 0. The molecule has 1 aliphatic rings. The molecule has 0 aromatic rings. The van der Waals surface area contributed by atoms with E-state index in [9.17, 15) is 8.42 Å². The number of hydrogen-bond acceptors (Lipinski definition) is 4. The van der Waals surface area contributed by atoms with Crippen LogP contribution in [0, 0.1) is 0 Å². The zero-order valence-corrected chi connectivity index (χ0v) is 14.1. The fourth-order valence-corrected chi connectivity index (χ4v) is 3.90. The Morgan fingerprint density at radius 3 is 2.20 bits per heavy atom. The average molecular weight is 307 g/mol. The first kappa shape index (κ1) is 17.8. The van der Waals surface area contributed by atoms with Gasteiger partial charge in [0.05, 0.1) is 12.2 Å². The van der Waals surface area contributed by atoms with Crippen LogP contribution in [0.5, 0.6) is 0 Å². The number of morpholine rings is 1. The molecule has 3 atom stereocenters. The summed E-state index contributed by atoms with van der Waals surface area (Å²) in [6.45, 7) is 12.9. The Bertz CT molecular complexity index is 374. The smallest absolute Gasteiger partial charge is 0.279 e. The molecule has 0 amide bonds. The van der Waals surface area contributed by atoms with Gasteiger partial charge in [0.25, 0.3) is 10.2 Å². The molecule has 1 heterocycles. The summed E-state index contributed by atoms with van der Waals surface area (Å²) in [5, 5.41) is 0. The summed E-state index contributed by atoms with van der Waals surface area (Å²) in [6, 6.07) is 0.161. The number of ether oxygens (including phenoxy) is 1. The molecule has 20 heavy (non-hydrogen) atoms. The highest BCUT2D eigenvalue weighted by molar-refractivity contribution is 7.87. The van der Waals surface area contributed by atoms with Gasteiger partial charge in [0.2, 0.25) is 0 Å². The molecule has 0 unspecified atom stereocenters. The Morgan fingerprint density at radius 1 is 1.25 bits per heavy atom. The van der Waals surface area contributed by atoms with Gasteiger partial charge >= 0.3 is 0 Å². The zero-order valence-electron chi connectivity index (χ0n) is 13.3. The quantitative estimate of drug-likeness (QED) is 0.750. The minimum absolute atomic E-state index is 0.161. The molecule has 0 aliphatic carbocycles. The molecule has 0 bridgehead atoms. The Hall–Kier alpha value is -0.210. The predicted molar refractivity (Wildman–Crippen MR) is 80.9 cm³/mol. The van der Waals surface area contributed by atoms with Crippen molar-refractivity contribution in [2.24, 2.45) is 0 Å². The van der Waals surface area contributed by atoms with Gasteiger partial charge in [0.15, 0.2) is 0 Å². The summed E-state index contributed by atoms with van der Waals surface area (Å²) in [6.07, 6.45) is 0.390. The number of nitrogens with zero attached hydrogens (tertiary/aromatic N) is 2. The van der Waals surface area contributed by atoms with Crippen LogP contribution >= 0.6 is 0 Å². The molecule has 1 N–H and O–H groups in total. The summed E-state index contributed by atoms with van der Waals surface area (Å²) in [7, 11) is -3.36. The Labute approximate surface area is 123 Å².